The molecule has 3 heteroatoms. The average molecular weight is 213 g/mol. The quantitative estimate of drug-likeness (QED) is 0.782. The first-order valence-corrected chi connectivity index (χ1v) is 5.55. The second kappa shape index (κ2) is 5.29. The summed E-state index contributed by atoms with van der Waals surface area (Å²) in [6.07, 6.45) is 0.943. The van der Waals surface area contributed by atoms with E-state index in [0.717, 1.165) is 6.42 Å². The van der Waals surface area contributed by atoms with E-state index in [1.54, 1.807) is 20.8 Å². The summed E-state index contributed by atoms with van der Waals surface area (Å²) >= 11 is 0. The van der Waals surface area contributed by atoms with Gasteiger partial charge in [-0.1, -0.05) is 48.0 Å². The average Bonchev–Trinajstić information content (AvgIpc) is 2.13. The van der Waals surface area contributed by atoms with Crippen LogP contribution in [0.15, 0.2) is 0 Å². The van der Waals surface area contributed by atoms with E-state index in [1.165, 1.54) is 0 Å². The van der Waals surface area contributed by atoms with Crippen LogP contribution < -0.4 is 5.32 Å². The van der Waals surface area contributed by atoms with Crippen LogP contribution >= 0.6 is 0 Å². The smallest absolute Gasteiger partial charge is 0.231 e. The highest BCUT2D eigenvalue weighted by molar-refractivity contribution is 5.98. The van der Waals surface area contributed by atoms with E-state index in [0.29, 0.717) is 5.92 Å². The van der Waals surface area contributed by atoms with E-state index in [4.69, 9.17) is 0 Å². The third-order valence-corrected chi connectivity index (χ3v) is 2.83. The number of hydrogen-bond acceptors (Lipinski definition) is 2. The Labute approximate surface area is 92.6 Å². The largest absolute Gasteiger partial charge is 0.296 e. The van der Waals surface area contributed by atoms with Crippen LogP contribution in [-0.2, 0) is 9.59 Å². The highest BCUT2D eigenvalue weighted by atomic mass is 16.2. The van der Waals surface area contributed by atoms with Crippen molar-refractivity contribution in [1.29, 1.82) is 0 Å². The molecule has 88 valence electrons. The zero-order chi connectivity index (χ0) is 12.2. The monoisotopic (exact) mass is 213 g/mol. The van der Waals surface area contributed by atoms with Gasteiger partial charge in [-0.25, -0.2) is 0 Å². The molecule has 0 aliphatic heterocycles. The molecule has 2 atom stereocenters. The Bertz CT molecular complexity index is 240. The third-order valence-electron chi connectivity index (χ3n) is 2.83. The Kier molecular flexibility index (Phi) is 4.98. The molecule has 0 heterocycles. The lowest BCUT2D eigenvalue weighted by molar-refractivity contribution is -0.137. The van der Waals surface area contributed by atoms with Crippen molar-refractivity contribution in [3.63, 3.8) is 0 Å². The Morgan fingerprint density at radius 2 is 1.67 bits per heavy atom. The van der Waals surface area contributed by atoms with Gasteiger partial charge in [0.1, 0.15) is 0 Å². The standard InChI is InChI=1S/C12H23NO2/c1-7-8(2)9(3)10(14)13-11(15)12(4,5)6/h8-9H,7H2,1-6H3,(H,13,14,15)/t8-,9-/m0/s1. The molecule has 0 aromatic heterocycles. The van der Waals surface area contributed by atoms with Crippen LogP contribution in [0.5, 0.6) is 0 Å². The first-order valence-electron chi connectivity index (χ1n) is 5.55. The van der Waals surface area contributed by atoms with Gasteiger partial charge in [-0.2, -0.15) is 0 Å². The number of carbonyl (C=O) groups excluding carboxylic acids is 2. The fourth-order valence-corrected chi connectivity index (χ4v) is 1.03. The van der Waals surface area contributed by atoms with E-state index < -0.39 is 5.41 Å². The SMILES string of the molecule is CC[C@H](C)[C@H](C)C(=O)NC(=O)C(C)(C)C. The summed E-state index contributed by atoms with van der Waals surface area (Å²) in [4.78, 5) is 23.2. The van der Waals surface area contributed by atoms with Gasteiger partial charge in [-0.05, 0) is 5.92 Å². The van der Waals surface area contributed by atoms with Crippen LogP contribution in [-0.4, -0.2) is 11.8 Å². The maximum Gasteiger partial charge on any atom is 0.231 e. The molecule has 0 radical (unpaired) electrons. The predicted molar refractivity (Wildman–Crippen MR) is 61.2 cm³/mol. The van der Waals surface area contributed by atoms with Crippen LogP contribution in [0.2, 0.25) is 0 Å². The molecule has 0 aromatic rings. The van der Waals surface area contributed by atoms with Crippen molar-refractivity contribution in [2.45, 2.75) is 48.0 Å². The minimum absolute atomic E-state index is 0.110. The summed E-state index contributed by atoms with van der Waals surface area (Å²) in [7, 11) is 0. The van der Waals surface area contributed by atoms with Gasteiger partial charge >= 0.3 is 0 Å². The van der Waals surface area contributed by atoms with Crippen molar-refractivity contribution in [2.24, 2.45) is 17.3 Å². The molecular formula is C12H23NO2. The highest BCUT2D eigenvalue weighted by Gasteiger charge is 2.26. The number of rotatable bonds is 3. The Balaban J connectivity index is 4.32. The fraction of sp³-hybridized carbons (Fsp3) is 0.833. The third kappa shape index (κ3) is 4.45. The lowest BCUT2D eigenvalue weighted by Crippen LogP contribution is -2.42. The maximum atomic E-state index is 11.7. The van der Waals surface area contributed by atoms with Crippen molar-refractivity contribution >= 4 is 11.8 Å². The molecular weight excluding hydrogens is 190 g/mol. The van der Waals surface area contributed by atoms with Crippen LogP contribution in [0.25, 0.3) is 0 Å². The highest BCUT2D eigenvalue weighted by Crippen LogP contribution is 2.16. The lowest BCUT2D eigenvalue weighted by Gasteiger charge is -2.21. The number of nitrogens with one attached hydrogen (secondary N) is 1. The van der Waals surface area contributed by atoms with E-state index in [-0.39, 0.29) is 17.7 Å². The Hall–Kier alpha value is -0.860. The molecule has 0 rings (SSSR count). The van der Waals surface area contributed by atoms with Gasteiger partial charge < -0.3 is 0 Å². The molecule has 0 aliphatic rings. The number of carbonyl (C=O) groups is 2. The van der Waals surface area contributed by atoms with Crippen molar-refractivity contribution in [3.8, 4) is 0 Å². The van der Waals surface area contributed by atoms with Crippen LogP contribution in [0.1, 0.15) is 48.0 Å². The van der Waals surface area contributed by atoms with Crippen molar-refractivity contribution in [1.82, 2.24) is 5.32 Å². The van der Waals surface area contributed by atoms with Gasteiger partial charge in [0, 0.05) is 11.3 Å². The van der Waals surface area contributed by atoms with E-state index >= 15 is 0 Å². The van der Waals surface area contributed by atoms with Crippen LogP contribution in [0.4, 0.5) is 0 Å². The first kappa shape index (κ1) is 14.1. The van der Waals surface area contributed by atoms with Crippen molar-refractivity contribution in [2.75, 3.05) is 0 Å². The predicted octanol–water partition coefficient (Wildman–Crippen LogP) is 2.36. The van der Waals surface area contributed by atoms with Crippen molar-refractivity contribution in [3.05, 3.63) is 0 Å². The van der Waals surface area contributed by atoms with Crippen LogP contribution in [0.3, 0.4) is 0 Å². The minimum atomic E-state index is -0.509. The summed E-state index contributed by atoms with van der Waals surface area (Å²) in [6, 6.07) is 0. The zero-order valence-corrected chi connectivity index (χ0v) is 10.7. The number of hydrogen-bond donors (Lipinski definition) is 1. The maximum absolute atomic E-state index is 11.7. The summed E-state index contributed by atoms with van der Waals surface area (Å²) in [6.45, 7) is 11.3. The fourth-order valence-electron chi connectivity index (χ4n) is 1.03. The Morgan fingerprint density at radius 3 is 2.00 bits per heavy atom. The molecule has 0 aromatic carbocycles. The molecule has 0 bridgehead atoms. The number of amides is 2. The molecule has 0 unspecified atom stereocenters. The van der Waals surface area contributed by atoms with E-state index in [1.807, 2.05) is 20.8 Å². The molecule has 0 fully saturated rings. The Morgan fingerprint density at radius 1 is 1.20 bits per heavy atom. The summed E-state index contributed by atoms with van der Waals surface area (Å²) in [5, 5.41) is 2.46. The summed E-state index contributed by atoms with van der Waals surface area (Å²) in [5.74, 6) is -0.175. The van der Waals surface area contributed by atoms with Gasteiger partial charge in [-0.3, -0.25) is 14.9 Å². The van der Waals surface area contributed by atoms with Crippen molar-refractivity contribution < 1.29 is 9.59 Å². The van der Waals surface area contributed by atoms with Gasteiger partial charge in [-0.15, -0.1) is 0 Å². The molecule has 1 N–H and O–H groups in total. The second-order valence-corrected chi connectivity index (χ2v) is 5.24. The molecule has 0 saturated carbocycles. The number of imide groups is 1. The van der Waals surface area contributed by atoms with E-state index in [9.17, 15) is 9.59 Å². The minimum Gasteiger partial charge on any atom is -0.296 e. The van der Waals surface area contributed by atoms with Gasteiger partial charge in [0.25, 0.3) is 0 Å². The van der Waals surface area contributed by atoms with Gasteiger partial charge in [0.05, 0.1) is 0 Å². The van der Waals surface area contributed by atoms with Gasteiger partial charge in [0.2, 0.25) is 11.8 Å². The normalized spacial score (nSPS) is 15.6. The molecule has 15 heavy (non-hydrogen) atoms. The molecule has 3 nitrogen and oxygen atoms in total. The topological polar surface area (TPSA) is 46.2 Å². The summed E-state index contributed by atoms with van der Waals surface area (Å²) < 4.78 is 0. The molecule has 0 saturated heterocycles. The zero-order valence-electron chi connectivity index (χ0n) is 10.7. The molecule has 0 aliphatic carbocycles. The second-order valence-electron chi connectivity index (χ2n) is 5.24. The van der Waals surface area contributed by atoms with E-state index in [2.05, 4.69) is 5.32 Å². The van der Waals surface area contributed by atoms with Gasteiger partial charge in [0.15, 0.2) is 0 Å². The van der Waals surface area contributed by atoms with Crippen LogP contribution in [0, 0.1) is 17.3 Å². The lowest BCUT2D eigenvalue weighted by atomic mass is 9.91. The summed E-state index contributed by atoms with van der Waals surface area (Å²) in [5.41, 5.74) is -0.509. The molecule has 2 amide bonds. The molecule has 0 spiro atoms. The first-order chi connectivity index (χ1) is 6.70.